The van der Waals surface area contributed by atoms with Crippen molar-refractivity contribution in [2.45, 2.75) is 13.0 Å². The van der Waals surface area contributed by atoms with Crippen molar-refractivity contribution in [3.8, 4) is 5.75 Å². The van der Waals surface area contributed by atoms with Crippen LogP contribution in [0.15, 0.2) is 36.4 Å². The molecule has 1 atom stereocenters. The topological polar surface area (TPSA) is 64.6 Å². The summed E-state index contributed by atoms with van der Waals surface area (Å²) >= 11 is 17.7. The Morgan fingerprint density at radius 3 is 2.32 bits per heavy atom. The lowest BCUT2D eigenvalue weighted by molar-refractivity contribution is -0.123. The monoisotopic (exact) mass is 401 g/mol. The van der Waals surface area contributed by atoms with Gasteiger partial charge in [0.25, 0.3) is 5.91 Å². The van der Waals surface area contributed by atoms with Gasteiger partial charge in [-0.25, -0.2) is 4.79 Å². The van der Waals surface area contributed by atoms with E-state index in [0.717, 1.165) is 0 Å². The predicted molar refractivity (Wildman–Crippen MR) is 98.0 cm³/mol. The second-order valence-corrected chi connectivity index (χ2v) is 6.24. The number of halogens is 3. The lowest BCUT2D eigenvalue weighted by atomic mass is 10.2. The van der Waals surface area contributed by atoms with Crippen LogP contribution >= 0.6 is 34.8 Å². The number of carbonyl (C=O) groups is 2. The second kappa shape index (κ2) is 8.43. The number of ether oxygens (including phenoxy) is 2. The Bertz CT molecular complexity index is 810. The SMILES string of the molecule is COc1ccc(NC(=O)[C@H](C)OC(=O)c2ccc(Cl)c(Cl)c2)cc1Cl. The van der Waals surface area contributed by atoms with Crippen molar-refractivity contribution < 1.29 is 19.1 Å². The van der Waals surface area contributed by atoms with Gasteiger partial charge in [-0.1, -0.05) is 34.8 Å². The number of hydrogen-bond donors (Lipinski definition) is 1. The van der Waals surface area contributed by atoms with Crippen LogP contribution < -0.4 is 10.1 Å². The zero-order valence-corrected chi connectivity index (χ0v) is 15.6. The Morgan fingerprint density at radius 1 is 1.00 bits per heavy atom. The Balaban J connectivity index is 2.01. The highest BCUT2D eigenvalue weighted by molar-refractivity contribution is 6.42. The molecule has 5 nitrogen and oxygen atoms in total. The van der Waals surface area contributed by atoms with Crippen LogP contribution in [0.25, 0.3) is 0 Å². The van der Waals surface area contributed by atoms with Crippen molar-refractivity contribution in [2.75, 3.05) is 12.4 Å². The van der Waals surface area contributed by atoms with Crippen molar-refractivity contribution in [1.29, 1.82) is 0 Å². The molecule has 0 unspecified atom stereocenters. The van der Waals surface area contributed by atoms with Crippen LogP contribution in [0.4, 0.5) is 5.69 Å². The van der Waals surface area contributed by atoms with E-state index >= 15 is 0 Å². The number of hydrogen-bond acceptors (Lipinski definition) is 4. The van der Waals surface area contributed by atoms with Gasteiger partial charge >= 0.3 is 5.97 Å². The molecule has 0 spiro atoms. The van der Waals surface area contributed by atoms with E-state index in [1.807, 2.05) is 0 Å². The van der Waals surface area contributed by atoms with E-state index < -0.39 is 18.0 Å². The molecule has 0 aliphatic carbocycles. The third kappa shape index (κ3) is 5.01. The number of nitrogens with one attached hydrogen (secondary N) is 1. The Morgan fingerprint density at radius 2 is 1.72 bits per heavy atom. The summed E-state index contributed by atoms with van der Waals surface area (Å²) in [6, 6.07) is 9.08. The second-order valence-electron chi connectivity index (χ2n) is 5.02. The molecule has 0 fully saturated rings. The summed E-state index contributed by atoms with van der Waals surface area (Å²) in [6.45, 7) is 1.45. The third-order valence-electron chi connectivity index (χ3n) is 3.23. The van der Waals surface area contributed by atoms with Crippen LogP contribution in [0.1, 0.15) is 17.3 Å². The number of rotatable bonds is 5. The average Bonchev–Trinajstić information content (AvgIpc) is 2.57. The first-order valence-electron chi connectivity index (χ1n) is 7.12. The molecule has 132 valence electrons. The maximum Gasteiger partial charge on any atom is 0.338 e. The van der Waals surface area contributed by atoms with Crippen molar-refractivity contribution >= 4 is 52.4 Å². The molecule has 1 N–H and O–H groups in total. The molecule has 1 amide bonds. The molecular weight excluding hydrogens is 389 g/mol. The average molecular weight is 403 g/mol. The van der Waals surface area contributed by atoms with Gasteiger partial charge in [-0.2, -0.15) is 0 Å². The third-order valence-corrected chi connectivity index (χ3v) is 4.26. The zero-order chi connectivity index (χ0) is 18.6. The number of esters is 1. The zero-order valence-electron chi connectivity index (χ0n) is 13.3. The van der Waals surface area contributed by atoms with E-state index in [-0.39, 0.29) is 10.6 Å². The van der Waals surface area contributed by atoms with Crippen LogP contribution in [0.3, 0.4) is 0 Å². The maximum absolute atomic E-state index is 12.2. The van der Waals surface area contributed by atoms with Gasteiger partial charge in [-0.05, 0) is 43.3 Å². The van der Waals surface area contributed by atoms with Crippen molar-refractivity contribution in [3.63, 3.8) is 0 Å². The molecule has 0 aliphatic rings. The van der Waals surface area contributed by atoms with E-state index in [4.69, 9.17) is 44.3 Å². The maximum atomic E-state index is 12.2. The van der Waals surface area contributed by atoms with Gasteiger partial charge in [-0.15, -0.1) is 0 Å². The molecular formula is C17H14Cl3NO4. The standard InChI is InChI=1S/C17H14Cl3NO4/c1-9(25-17(23)10-3-5-12(18)13(19)7-10)16(22)21-11-4-6-15(24-2)14(20)8-11/h3-9H,1-2H3,(H,21,22)/t9-/m0/s1. The van der Waals surface area contributed by atoms with Gasteiger partial charge in [-0.3, -0.25) is 4.79 Å². The Kier molecular flexibility index (Phi) is 6.53. The molecule has 0 saturated heterocycles. The predicted octanol–water partition coefficient (Wildman–Crippen LogP) is 4.84. The van der Waals surface area contributed by atoms with Crippen LogP contribution in [0.5, 0.6) is 5.75 Å². The van der Waals surface area contributed by atoms with Gasteiger partial charge in [0.1, 0.15) is 5.75 Å². The number of carbonyl (C=O) groups excluding carboxylic acids is 2. The summed E-state index contributed by atoms with van der Waals surface area (Å²) in [5, 5.41) is 3.50. The first-order chi connectivity index (χ1) is 11.8. The van der Waals surface area contributed by atoms with E-state index in [9.17, 15) is 9.59 Å². The van der Waals surface area contributed by atoms with Gasteiger partial charge in [0, 0.05) is 5.69 Å². The molecule has 2 aromatic carbocycles. The Labute approximate surface area is 159 Å². The molecule has 2 rings (SSSR count). The van der Waals surface area contributed by atoms with Crippen molar-refractivity contribution in [3.05, 3.63) is 57.0 Å². The number of methoxy groups -OCH3 is 1. The van der Waals surface area contributed by atoms with Crippen LogP contribution in [-0.2, 0) is 9.53 Å². The fourth-order valence-electron chi connectivity index (χ4n) is 1.89. The van der Waals surface area contributed by atoms with E-state index in [1.165, 1.54) is 38.3 Å². The summed E-state index contributed by atoms with van der Waals surface area (Å²) in [7, 11) is 1.49. The summed E-state index contributed by atoms with van der Waals surface area (Å²) in [5.41, 5.74) is 0.648. The molecule has 0 aromatic heterocycles. The summed E-state index contributed by atoms with van der Waals surface area (Å²) in [6.07, 6.45) is -1.03. The number of amides is 1. The minimum Gasteiger partial charge on any atom is -0.495 e. The molecule has 0 saturated carbocycles. The highest BCUT2D eigenvalue weighted by Crippen LogP contribution is 2.27. The van der Waals surface area contributed by atoms with Crippen LogP contribution in [0.2, 0.25) is 15.1 Å². The molecule has 2 aromatic rings. The fraction of sp³-hybridized carbons (Fsp3) is 0.176. The van der Waals surface area contributed by atoms with E-state index in [2.05, 4.69) is 5.32 Å². The largest absolute Gasteiger partial charge is 0.495 e. The van der Waals surface area contributed by atoms with Gasteiger partial charge in [0.15, 0.2) is 6.10 Å². The van der Waals surface area contributed by atoms with Crippen LogP contribution in [0, 0.1) is 0 Å². The smallest absolute Gasteiger partial charge is 0.338 e. The lowest BCUT2D eigenvalue weighted by Gasteiger charge is -2.14. The first kappa shape index (κ1) is 19.4. The highest BCUT2D eigenvalue weighted by Gasteiger charge is 2.20. The van der Waals surface area contributed by atoms with Crippen LogP contribution in [-0.4, -0.2) is 25.1 Å². The van der Waals surface area contributed by atoms with E-state index in [0.29, 0.717) is 21.5 Å². The fourth-order valence-corrected chi connectivity index (χ4v) is 2.45. The normalized spacial score (nSPS) is 11.6. The van der Waals surface area contributed by atoms with Crippen molar-refractivity contribution in [1.82, 2.24) is 0 Å². The minimum absolute atomic E-state index is 0.196. The first-order valence-corrected chi connectivity index (χ1v) is 8.25. The Hall–Kier alpha value is -1.95. The summed E-state index contributed by atoms with van der Waals surface area (Å²) in [4.78, 5) is 24.2. The lowest BCUT2D eigenvalue weighted by Crippen LogP contribution is -2.30. The quantitative estimate of drug-likeness (QED) is 0.727. The molecule has 25 heavy (non-hydrogen) atoms. The van der Waals surface area contributed by atoms with Gasteiger partial charge in [0.05, 0.1) is 27.7 Å². The van der Waals surface area contributed by atoms with Gasteiger partial charge in [0.2, 0.25) is 0 Å². The molecule has 0 aliphatic heterocycles. The van der Waals surface area contributed by atoms with Gasteiger partial charge < -0.3 is 14.8 Å². The number of benzene rings is 2. The van der Waals surface area contributed by atoms with E-state index in [1.54, 1.807) is 12.1 Å². The minimum atomic E-state index is -1.03. The highest BCUT2D eigenvalue weighted by atomic mass is 35.5. The molecule has 0 heterocycles. The molecule has 0 radical (unpaired) electrons. The molecule has 0 bridgehead atoms. The number of anilines is 1. The van der Waals surface area contributed by atoms with Crippen molar-refractivity contribution in [2.24, 2.45) is 0 Å². The molecule has 8 heteroatoms. The summed E-state index contributed by atoms with van der Waals surface area (Å²) < 4.78 is 10.2. The summed E-state index contributed by atoms with van der Waals surface area (Å²) in [5.74, 6) is -0.706.